The Morgan fingerprint density at radius 1 is 0.641 bits per heavy atom. The number of nitrogens with zero attached hydrogens (tertiary/aromatic N) is 1. The summed E-state index contributed by atoms with van der Waals surface area (Å²) in [6, 6.07) is 37.5. The summed E-state index contributed by atoms with van der Waals surface area (Å²) in [7, 11) is 0. The first-order valence-corrected chi connectivity index (χ1v) is 23.4. The smallest absolute Gasteiger partial charge is 0.0465 e. The standard InChI is InChI=1S/C63H65N/c1-13-15-17-19-24-42-25-22-28-54-59(42)50-35-36-53-51(40-58(50)63(54,11)12)49-34-31-45(39-57(49)62(53,9)10)64(43-29-32-46(41(3)23-18-16-14-2)55(37-43)60(4,5)6)44-30-33-48-47-26-20-21-27-52(47)61(7,8)56(48)38-44/h13-34,36-41H,1,35H2,2-12H3/b16-14-,17-15-,23-18-,24-19+. The van der Waals surface area contributed by atoms with Crippen LogP contribution < -0.4 is 4.90 Å². The van der Waals surface area contributed by atoms with Crippen LogP contribution in [0.5, 0.6) is 0 Å². The average Bonchev–Trinajstić information content (AvgIpc) is 3.61. The number of hydrogen-bond donors (Lipinski definition) is 0. The third kappa shape index (κ3) is 6.91. The van der Waals surface area contributed by atoms with E-state index in [1.165, 1.54) is 101 Å². The lowest BCUT2D eigenvalue weighted by Crippen LogP contribution is -2.19. The Morgan fingerprint density at radius 2 is 1.30 bits per heavy atom. The highest BCUT2D eigenvalue weighted by molar-refractivity contribution is 5.98. The predicted molar refractivity (Wildman–Crippen MR) is 278 cm³/mol. The molecule has 0 amide bonds. The fourth-order valence-electron chi connectivity index (χ4n) is 11.4. The van der Waals surface area contributed by atoms with E-state index in [9.17, 15) is 0 Å². The van der Waals surface area contributed by atoms with E-state index in [0.717, 1.165) is 6.42 Å². The Morgan fingerprint density at radius 3 is 2.02 bits per heavy atom. The van der Waals surface area contributed by atoms with Crippen molar-refractivity contribution in [2.24, 2.45) is 0 Å². The van der Waals surface area contributed by atoms with Gasteiger partial charge in [-0.25, -0.2) is 0 Å². The number of allylic oxidation sites excluding steroid dienone is 14. The lowest BCUT2D eigenvalue weighted by Gasteiger charge is -2.32. The molecule has 1 atom stereocenters. The van der Waals surface area contributed by atoms with Crippen LogP contribution in [0.3, 0.4) is 0 Å². The molecule has 0 aliphatic heterocycles. The summed E-state index contributed by atoms with van der Waals surface area (Å²) < 4.78 is 0. The Labute approximate surface area is 384 Å². The highest BCUT2D eigenvalue weighted by Crippen LogP contribution is 2.58. The molecule has 5 aromatic rings. The van der Waals surface area contributed by atoms with Gasteiger partial charge in [0.25, 0.3) is 0 Å². The minimum absolute atomic E-state index is 0.0603. The van der Waals surface area contributed by atoms with Crippen molar-refractivity contribution in [3.05, 3.63) is 226 Å². The number of hydrogen-bond acceptors (Lipinski definition) is 1. The van der Waals surface area contributed by atoms with Crippen molar-refractivity contribution in [1.29, 1.82) is 0 Å². The molecule has 64 heavy (non-hydrogen) atoms. The van der Waals surface area contributed by atoms with Crippen molar-refractivity contribution in [1.82, 2.24) is 0 Å². The summed E-state index contributed by atoms with van der Waals surface area (Å²) in [5.41, 5.74) is 23.7. The molecule has 4 aliphatic rings. The SMILES string of the molecule is C=C/C=C\C=C\c1cccc2c1C1=C(C=C3C(=CC1)C(C)(C)c1cc(N(c4ccc(C(C)/C=C\C=C/C)c(C(C)(C)C)c4)c4ccc5c(c4)C(C)(C)c4ccccc4-5)ccc13)C2(C)C. The normalized spacial score (nSPS) is 18.1. The number of benzene rings is 5. The zero-order valence-electron chi connectivity index (χ0n) is 40.0. The van der Waals surface area contributed by atoms with Crippen LogP contribution >= 0.6 is 0 Å². The summed E-state index contributed by atoms with van der Waals surface area (Å²) in [6.07, 6.45) is 25.0. The van der Waals surface area contributed by atoms with E-state index in [0.29, 0.717) is 0 Å². The van der Waals surface area contributed by atoms with E-state index in [4.69, 9.17) is 0 Å². The van der Waals surface area contributed by atoms with Crippen molar-refractivity contribution < 1.29 is 0 Å². The van der Waals surface area contributed by atoms with E-state index >= 15 is 0 Å². The van der Waals surface area contributed by atoms with Gasteiger partial charge in [-0.15, -0.1) is 0 Å². The minimum atomic E-state index is -0.193. The fourth-order valence-corrected chi connectivity index (χ4v) is 11.4. The second-order valence-electron chi connectivity index (χ2n) is 21.0. The third-order valence-corrected chi connectivity index (χ3v) is 14.8. The molecule has 0 aromatic heterocycles. The van der Waals surface area contributed by atoms with Gasteiger partial charge in [-0.3, -0.25) is 0 Å². The van der Waals surface area contributed by atoms with Gasteiger partial charge in [0.15, 0.2) is 0 Å². The summed E-state index contributed by atoms with van der Waals surface area (Å²) in [6.45, 7) is 29.8. The number of anilines is 3. The van der Waals surface area contributed by atoms with E-state index in [1.807, 2.05) is 12.2 Å². The first-order valence-electron chi connectivity index (χ1n) is 23.4. The van der Waals surface area contributed by atoms with Gasteiger partial charge in [0, 0.05) is 33.3 Å². The van der Waals surface area contributed by atoms with Crippen LogP contribution in [0.15, 0.2) is 176 Å². The molecule has 1 unspecified atom stereocenters. The first-order chi connectivity index (χ1) is 30.5. The van der Waals surface area contributed by atoms with Gasteiger partial charge < -0.3 is 4.90 Å². The highest BCUT2D eigenvalue weighted by Gasteiger charge is 2.44. The molecule has 0 fully saturated rings. The summed E-state index contributed by atoms with van der Waals surface area (Å²) >= 11 is 0. The lowest BCUT2D eigenvalue weighted by molar-refractivity contribution is 0.580. The zero-order chi connectivity index (χ0) is 45.3. The van der Waals surface area contributed by atoms with Gasteiger partial charge in [-0.05, 0) is 151 Å². The predicted octanol–water partition coefficient (Wildman–Crippen LogP) is 17.5. The molecule has 0 heterocycles. The quantitative estimate of drug-likeness (QED) is 0.134. The van der Waals surface area contributed by atoms with Crippen molar-refractivity contribution >= 4 is 34.3 Å². The zero-order valence-corrected chi connectivity index (χ0v) is 40.0. The van der Waals surface area contributed by atoms with E-state index in [-0.39, 0.29) is 27.6 Å². The van der Waals surface area contributed by atoms with Gasteiger partial charge in [0.1, 0.15) is 0 Å². The molecule has 4 aliphatic carbocycles. The molecule has 1 nitrogen and oxygen atoms in total. The molecule has 0 bridgehead atoms. The van der Waals surface area contributed by atoms with Crippen LogP contribution in [0.1, 0.15) is 139 Å². The maximum absolute atomic E-state index is 3.85. The molecule has 0 saturated carbocycles. The first kappa shape index (κ1) is 43.1. The molecule has 5 aromatic carbocycles. The van der Waals surface area contributed by atoms with Crippen molar-refractivity contribution in [2.75, 3.05) is 4.90 Å². The van der Waals surface area contributed by atoms with E-state index < -0.39 is 0 Å². The van der Waals surface area contributed by atoms with E-state index in [1.54, 1.807) is 0 Å². The summed E-state index contributed by atoms with van der Waals surface area (Å²) in [4.78, 5) is 2.53. The van der Waals surface area contributed by atoms with Crippen molar-refractivity contribution in [3.8, 4) is 11.1 Å². The largest absolute Gasteiger partial charge is 0.310 e. The van der Waals surface area contributed by atoms with Crippen LogP contribution in [-0.4, -0.2) is 0 Å². The molecule has 0 N–H and O–H groups in total. The topological polar surface area (TPSA) is 3.24 Å². The average molecular weight is 836 g/mol. The summed E-state index contributed by atoms with van der Waals surface area (Å²) in [5.74, 6) is 0.276. The summed E-state index contributed by atoms with van der Waals surface area (Å²) in [5, 5.41) is 0. The number of fused-ring (bicyclic) bond motifs is 8. The van der Waals surface area contributed by atoms with Crippen LogP contribution in [0.4, 0.5) is 17.1 Å². The minimum Gasteiger partial charge on any atom is -0.310 e. The molecule has 322 valence electrons. The van der Waals surface area contributed by atoms with Crippen LogP contribution in [-0.2, 0) is 21.7 Å². The number of rotatable bonds is 9. The molecule has 9 rings (SSSR count). The lowest BCUT2D eigenvalue weighted by atomic mass is 9.79. The van der Waals surface area contributed by atoms with Crippen LogP contribution in [0.25, 0.3) is 28.3 Å². The van der Waals surface area contributed by atoms with E-state index in [2.05, 4.69) is 239 Å². The molecule has 1 heteroatoms. The van der Waals surface area contributed by atoms with Crippen LogP contribution in [0.2, 0.25) is 0 Å². The monoisotopic (exact) mass is 836 g/mol. The Kier molecular flexibility index (Phi) is 10.6. The molecule has 0 spiro atoms. The van der Waals surface area contributed by atoms with Crippen molar-refractivity contribution in [2.45, 2.75) is 110 Å². The maximum atomic E-state index is 3.85. The maximum Gasteiger partial charge on any atom is 0.0465 e. The van der Waals surface area contributed by atoms with Gasteiger partial charge in [0.2, 0.25) is 0 Å². The second-order valence-corrected chi connectivity index (χ2v) is 21.0. The fraction of sp³-hybridized carbons (Fsp3) is 0.270. The van der Waals surface area contributed by atoms with Gasteiger partial charge in [-0.2, -0.15) is 0 Å². The highest BCUT2D eigenvalue weighted by atomic mass is 15.1. The second kappa shape index (κ2) is 15.8. The van der Waals surface area contributed by atoms with Gasteiger partial charge in [0.05, 0.1) is 0 Å². The molecule has 0 saturated heterocycles. The van der Waals surface area contributed by atoms with Crippen LogP contribution in [0, 0.1) is 0 Å². The molecular weight excluding hydrogens is 771 g/mol. The Hall–Kier alpha value is -6.18. The molecular formula is C63H65N. The molecule has 0 radical (unpaired) electrons. The van der Waals surface area contributed by atoms with Gasteiger partial charge in [-0.1, -0.05) is 197 Å². The third-order valence-electron chi connectivity index (χ3n) is 14.8. The Bertz CT molecular complexity index is 2950. The van der Waals surface area contributed by atoms with Gasteiger partial charge >= 0.3 is 0 Å². The Balaban J connectivity index is 1.21. The van der Waals surface area contributed by atoms with Crippen molar-refractivity contribution in [3.63, 3.8) is 0 Å².